The third kappa shape index (κ3) is 3.59. The minimum atomic E-state index is 0.178. The number of nitrogens with one attached hydrogen (secondary N) is 1. The van der Waals surface area contributed by atoms with Gasteiger partial charge in [0.2, 0.25) is 0 Å². The van der Waals surface area contributed by atoms with Crippen molar-refractivity contribution >= 4 is 5.71 Å². The van der Waals surface area contributed by atoms with Crippen LogP contribution in [0.25, 0.3) is 0 Å². The molecule has 4 heteroatoms. The maximum absolute atomic E-state index is 4.81. The van der Waals surface area contributed by atoms with Crippen molar-refractivity contribution in [3.8, 4) is 0 Å². The molecule has 1 unspecified atom stereocenters. The molecule has 0 bridgehead atoms. The van der Waals surface area contributed by atoms with Crippen molar-refractivity contribution in [3.05, 3.63) is 71.8 Å². The molecule has 146 valence electrons. The lowest BCUT2D eigenvalue weighted by molar-refractivity contribution is 0.0921. The predicted molar refractivity (Wildman–Crippen MR) is 114 cm³/mol. The number of nitrogens with zero attached hydrogens (tertiary/aromatic N) is 3. The summed E-state index contributed by atoms with van der Waals surface area (Å²) in [6.45, 7) is 6.69. The molecule has 4 nitrogen and oxygen atoms in total. The molecule has 2 fully saturated rings. The van der Waals surface area contributed by atoms with Gasteiger partial charge in [-0.05, 0) is 24.0 Å². The number of hydrogen-bond donors (Lipinski definition) is 1. The van der Waals surface area contributed by atoms with Crippen LogP contribution in [0.4, 0.5) is 0 Å². The van der Waals surface area contributed by atoms with Crippen LogP contribution in [-0.2, 0) is 13.1 Å². The topological polar surface area (TPSA) is 30.9 Å². The van der Waals surface area contributed by atoms with E-state index in [0.29, 0.717) is 5.92 Å². The van der Waals surface area contributed by atoms with Crippen LogP contribution in [0.3, 0.4) is 0 Å². The minimum absolute atomic E-state index is 0.178. The first-order valence-electron chi connectivity index (χ1n) is 10.7. The summed E-state index contributed by atoms with van der Waals surface area (Å²) in [6, 6.07) is 21.7. The van der Waals surface area contributed by atoms with Crippen molar-refractivity contribution in [1.29, 1.82) is 0 Å². The maximum Gasteiger partial charge on any atom is 0.0666 e. The number of piperidine rings is 2. The second-order valence-corrected chi connectivity index (χ2v) is 8.66. The molecule has 3 heterocycles. The zero-order chi connectivity index (χ0) is 18.8. The number of likely N-dealkylation sites (tertiary alicyclic amines) is 2. The average Bonchev–Trinajstić information content (AvgIpc) is 3.09. The van der Waals surface area contributed by atoms with Gasteiger partial charge in [-0.15, -0.1) is 0 Å². The van der Waals surface area contributed by atoms with E-state index in [1.165, 1.54) is 29.7 Å². The third-order valence-electron chi connectivity index (χ3n) is 6.86. The molecule has 5 rings (SSSR count). The lowest BCUT2D eigenvalue weighted by Crippen LogP contribution is -2.58. The fourth-order valence-corrected chi connectivity index (χ4v) is 5.19. The Labute approximate surface area is 168 Å². The quantitative estimate of drug-likeness (QED) is 0.889. The van der Waals surface area contributed by atoms with E-state index in [0.717, 1.165) is 45.7 Å². The Morgan fingerprint density at radius 3 is 2.07 bits per heavy atom. The molecule has 1 atom stereocenters. The summed E-state index contributed by atoms with van der Waals surface area (Å²) >= 11 is 0. The van der Waals surface area contributed by atoms with Crippen LogP contribution < -0.4 is 5.43 Å². The Kier molecular flexibility index (Phi) is 4.91. The highest BCUT2D eigenvalue weighted by molar-refractivity contribution is 5.90. The summed E-state index contributed by atoms with van der Waals surface area (Å²) in [6.07, 6.45) is 3.49. The van der Waals surface area contributed by atoms with Crippen LogP contribution in [0.2, 0.25) is 0 Å². The van der Waals surface area contributed by atoms with E-state index < -0.39 is 0 Å². The summed E-state index contributed by atoms with van der Waals surface area (Å²) in [5, 5.41) is 4.81. The Morgan fingerprint density at radius 1 is 0.821 bits per heavy atom. The fraction of sp³-hybridized carbons (Fsp3) is 0.458. The normalized spacial score (nSPS) is 24.6. The first-order valence-corrected chi connectivity index (χ1v) is 10.7. The van der Waals surface area contributed by atoms with Gasteiger partial charge in [-0.2, -0.15) is 5.10 Å². The highest BCUT2D eigenvalue weighted by Gasteiger charge is 2.49. The molecule has 2 saturated heterocycles. The van der Waals surface area contributed by atoms with Crippen molar-refractivity contribution in [2.75, 3.05) is 26.2 Å². The fourth-order valence-electron chi connectivity index (χ4n) is 5.19. The second-order valence-electron chi connectivity index (χ2n) is 8.66. The maximum atomic E-state index is 4.81. The van der Waals surface area contributed by atoms with Crippen LogP contribution in [-0.4, -0.2) is 47.2 Å². The van der Waals surface area contributed by atoms with E-state index in [1.807, 2.05) is 0 Å². The summed E-state index contributed by atoms with van der Waals surface area (Å²) in [5.41, 5.74) is 8.05. The second kappa shape index (κ2) is 7.69. The van der Waals surface area contributed by atoms with E-state index in [9.17, 15) is 0 Å². The van der Waals surface area contributed by atoms with E-state index in [4.69, 9.17) is 5.10 Å². The van der Waals surface area contributed by atoms with Gasteiger partial charge in [0, 0.05) is 57.3 Å². The third-order valence-corrected chi connectivity index (χ3v) is 6.86. The monoisotopic (exact) mass is 374 g/mol. The molecular formula is C24H30N4. The van der Waals surface area contributed by atoms with E-state index in [1.54, 1.807) is 0 Å². The van der Waals surface area contributed by atoms with E-state index in [-0.39, 0.29) is 5.54 Å². The van der Waals surface area contributed by atoms with Gasteiger partial charge in [-0.25, -0.2) is 0 Å². The van der Waals surface area contributed by atoms with Crippen molar-refractivity contribution < 1.29 is 0 Å². The van der Waals surface area contributed by atoms with Crippen LogP contribution in [0.15, 0.2) is 65.8 Å². The largest absolute Gasteiger partial charge is 0.303 e. The Morgan fingerprint density at radius 2 is 1.43 bits per heavy atom. The van der Waals surface area contributed by atoms with Crippen LogP contribution in [0.1, 0.15) is 30.4 Å². The summed E-state index contributed by atoms with van der Waals surface area (Å²) in [4.78, 5) is 5.23. The smallest absolute Gasteiger partial charge is 0.0666 e. The molecule has 0 aromatic heterocycles. The zero-order valence-electron chi connectivity index (χ0n) is 16.6. The summed E-state index contributed by atoms with van der Waals surface area (Å²) < 4.78 is 0. The molecule has 3 aliphatic heterocycles. The van der Waals surface area contributed by atoms with E-state index in [2.05, 4.69) is 75.9 Å². The molecule has 0 radical (unpaired) electrons. The molecule has 1 spiro atoms. The number of hydrogen-bond acceptors (Lipinski definition) is 4. The van der Waals surface area contributed by atoms with Gasteiger partial charge in [0.05, 0.1) is 5.54 Å². The van der Waals surface area contributed by atoms with E-state index >= 15 is 0 Å². The number of fused-ring (bicyclic) bond motifs is 2. The average molecular weight is 375 g/mol. The van der Waals surface area contributed by atoms with Crippen LogP contribution in [0.5, 0.6) is 0 Å². The molecule has 28 heavy (non-hydrogen) atoms. The number of hydrazone groups is 1. The number of rotatable bonds is 4. The Bertz CT molecular complexity index is 809. The van der Waals surface area contributed by atoms with Gasteiger partial charge in [0.25, 0.3) is 0 Å². The van der Waals surface area contributed by atoms with Gasteiger partial charge in [-0.1, -0.05) is 60.7 Å². The zero-order valence-corrected chi connectivity index (χ0v) is 16.6. The van der Waals surface area contributed by atoms with Crippen molar-refractivity contribution in [2.24, 2.45) is 11.0 Å². The predicted octanol–water partition coefficient (Wildman–Crippen LogP) is 3.50. The van der Waals surface area contributed by atoms with Gasteiger partial charge in [-0.3, -0.25) is 9.80 Å². The Balaban J connectivity index is 1.22. The van der Waals surface area contributed by atoms with Crippen LogP contribution in [0, 0.1) is 5.92 Å². The minimum Gasteiger partial charge on any atom is -0.303 e. The lowest BCUT2D eigenvalue weighted by Gasteiger charge is -2.45. The van der Waals surface area contributed by atoms with Gasteiger partial charge in [0.15, 0.2) is 0 Å². The summed E-state index contributed by atoms with van der Waals surface area (Å²) in [7, 11) is 0. The molecule has 0 aliphatic carbocycles. The number of benzene rings is 2. The lowest BCUT2D eigenvalue weighted by atomic mass is 9.73. The van der Waals surface area contributed by atoms with Gasteiger partial charge < -0.3 is 5.43 Å². The standard InChI is InChI=1S/C24H30N4/c1-3-7-20(8-4-1)17-27-15-12-24(13-16-27)22-19-28(14-11-23(22)25-26-24)18-21-9-5-2-6-10-21/h1-10,22,26H,11-19H2. The van der Waals surface area contributed by atoms with Crippen molar-refractivity contribution in [3.63, 3.8) is 0 Å². The molecule has 3 aliphatic rings. The SMILES string of the molecule is c1ccc(CN2CCC3(CC2)NN=C2CCN(Cc4ccccc4)CC23)cc1. The highest BCUT2D eigenvalue weighted by atomic mass is 15.4. The van der Waals surface area contributed by atoms with Gasteiger partial charge >= 0.3 is 0 Å². The molecule has 2 aromatic rings. The van der Waals surface area contributed by atoms with Crippen molar-refractivity contribution in [2.45, 2.75) is 37.9 Å². The summed E-state index contributed by atoms with van der Waals surface area (Å²) in [5.74, 6) is 0.573. The Hall–Kier alpha value is -2.17. The van der Waals surface area contributed by atoms with Crippen molar-refractivity contribution in [1.82, 2.24) is 15.2 Å². The molecular weight excluding hydrogens is 344 g/mol. The first-order chi connectivity index (χ1) is 13.8. The molecule has 0 saturated carbocycles. The highest BCUT2D eigenvalue weighted by Crippen LogP contribution is 2.38. The molecule has 1 N–H and O–H groups in total. The molecule has 2 aromatic carbocycles. The molecule has 0 amide bonds. The first kappa shape index (κ1) is 17.9. The van der Waals surface area contributed by atoms with Gasteiger partial charge in [0.1, 0.15) is 0 Å². The van der Waals surface area contributed by atoms with Crippen LogP contribution >= 0.6 is 0 Å².